The van der Waals surface area contributed by atoms with Crippen molar-refractivity contribution in [1.82, 2.24) is 10.3 Å². The van der Waals surface area contributed by atoms with E-state index in [1.54, 1.807) is 12.4 Å². The minimum absolute atomic E-state index is 0.0218. The van der Waals surface area contributed by atoms with Crippen LogP contribution in [0.4, 0.5) is 0 Å². The normalized spacial score (nSPS) is 16.4. The number of aliphatic carboxylic acids is 1. The Bertz CT molecular complexity index is 455. The minimum Gasteiger partial charge on any atom is -0.481 e. The predicted molar refractivity (Wildman–Crippen MR) is 69.5 cm³/mol. The number of nitrogens with zero attached hydrogens (tertiary/aromatic N) is 1. The maximum Gasteiger partial charge on any atom is 0.305 e. The van der Waals surface area contributed by atoms with Crippen molar-refractivity contribution in [2.24, 2.45) is 0 Å². The van der Waals surface area contributed by atoms with Crippen LogP contribution in [0.15, 0.2) is 24.5 Å². The Labute approximate surface area is 112 Å². The highest BCUT2D eigenvalue weighted by atomic mass is 16.4. The number of hydrogen-bond acceptors (Lipinski definition) is 3. The molecule has 5 heteroatoms. The standard InChI is InChI=1S/C14H18N2O3/c17-12(3-2-11-4-8-15-9-5-11)16-14(6-1-7-14)10-13(18)19/h4-5,8-9H,1-3,6-7,10H2,(H,16,17)(H,18,19). The highest BCUT2D eigenvalue weighted by Gasteiger charge is 2.40. The molecule has 0 radical (unpaired) electrons. The maximum absolute atomic E-state index is 11.9. The van der Waals surface area contributed by atoms with Crippen LogP contribution in [0, 0.1) is 0 Å². The molecule has 1 aliphatic rings. The molecule has 0 aliphatic heterocycles. The summed E-state index contributed by atoms with van der Waals surface area (Å²) in [4.78, 5) is 26.6. The maximum atomic E-state index is 11.9. The van der Waals surface area contributed by atoms with Crippen molar-refractivity contribution >= 4 is 11.9 Å². The molecular formula is C14H18N2O3. The number of nitrogens with one attached hydrogen (secondary N) is 1. The number of carboxylic acid groups (broad SMARTS) is 1. The van der Waals surface area contributed by atoms with E-state index in [0.29, 0.717) is 12.8 Å². The summed E-state index contributed by atoms with van der Waals surface area (Å²) in [7, 11) is 0. The number of carboxylic acids is 1. The van der Waals surface area contributed by atoms with Crippen molar-refractivity contribution in [3.8, 4) is 0 Å². The van der Waals surface area contributed by atoms with Crippen LogP contribution in [0.2, 0.25) is 0 Å². The Kier molecular flexibility index (Phi) is 4.14. The average Bonchev–Trinajstić information content (AvgIpc) is 2.34. The van der Waals surface area contributed by atoms with E-state index in [0.717, 1.165) is 24.8 Å². The van der Waals surface area contributed by atoms with Crippen LogP contribution in [-0.4, -0.2) is 27.5 Å². The molecule has 1 aromatic rings. The van der Waals surface area contributed by atoms with E-state index < -0.39 is 11.5 Å². The van der Waals surface area contributed by atoms with E-state index in [2.05, 4.69) is 10.3 Å². The molecule has 0 spiro atoms. The van der Waals surface area contributed by atoms with Gasteiger partial charge in [-0.1, -0.05) is 0 Å². The smallest absolute Gasteiger partial charge is 0.305 e. The number of aromatic nitrogens is 1. The lowest BCUT2D eigenvalue weighted by molar-refractivity contribution is -0.140. The SMILES string of the molecule is O=C(O)CC1(NC(=O)CCc2ccncc2)CCC1. The molecule has 1 heterocycles. The first-order valence-corrected chi connectivity index (χ1v) is 6.51. The molecule has 0 atom stereocenters. The second-order valence-corrected chi connectivity index (χ2v) is 5.11. The topological polar surface area (TPSA) is 79.3 Å². The van der Waals surface area contributed by atoms with E-state index in [1.165, 1.54) is 0 Å². The molecule has 0 saturated heterocycles. The average molecular weight is 262 g/mol. The third kappa shape index (κ3) is 3.77. The molecule has 1 saturated carbocycles. The minimum atomic E-state index is -0.853. The number of aryl methyl sites for hydroxylation is 1. The third-order valence-corrected chi connectivity index (χ3v) is 3.59. The summed E-state index contributed by atoms with van der Waals surface area (Å²) in [6, 6.07) is 3.76. The summed E-state index contributed by atoms with van der Waals surface area (Å²) in [5.41, 5.74) is 0.562. The van der Waals surface area contributed by atoms with E-state index in [-0.39, 0.29) is 12.3 Å². The molecule has 1 fully saturated rings. The Hall–Kier alpha value is -1.91. The number of rotatable bonds is 6. The molecule has 0 aromatic carbocycles. The van der Waals surface area contributed by atoms with Gasteiger partial charge in [0.25, 0.3) is 0 Å². The summed E-state index contributed by atoms with van der Waals surface area (Å²) in [6.07, 6.45) is 6.96. The first-order chi connectivity index (χ1) is 9.10. The zero-order valence-corrected chi connectivity index (χ0v) is 10.8. The fourth-order valence-corrected chi connectivity index (χ4v) is 2.40. The lowest BCUT2D eigenvalue weighted by Crippen LogP contribution is -2.54. The highest BCUT2D eigenvalue weighted by molar-refractivity contribution is 5.78. The second kappa shape index (κ2) is 5.82. The van der Waals surface area contributed by atoms with Gasteiger partial charge in [0.15, 0.2) is 0 Å². The first-order valence-electron chi connectivity index (χ1n) is 6.51. The number of carbonyl (C=O) groups excluding carboxylic acids is 1. The van der Waals surface area contributed by atoms with Gasteiger partial charge >= 0.3 is 5.97 Å². The van der Waals surface area contributed by atoms with Gasteiger partial charge in [-0.3, -0.25) is 14.6 Å². The van der Waals surface area contributed by atoms with E-state index in [4.69, 9.17) is 5.11 Å². The van der Waals surface area contributed by atoms with E-state index >= 15 is 0 Å². The summed E-state index contributed by atoms with van der Waals surface area (Å²) >= 11 is 0. The van der Waals surface area contributed by atoms with Gasteiger partial charge in [0.1, 0.15) is 0 Å². The van der Waals surface area contributed by atoms with Gasteiger partial charge < -0.3 is 10.4 Å². The van der Waals surface area contributed by atoms with Gasteiger partial charge in [0, 0.05) is 18.8 Å². The van der Waals surface area contributed by atoms with Crippen molar-refractivity contribution in [2.75, 3.05) is 0 Å². The monoisotopic (exact) mass is 262 g/mol. The molecule has 1 aliphatic carbocycles. The molecular weight excluding hydrogens is 244 g/mol. The molecule has 2 N–H and O–H groups in total. The van der Waals surface area contributed by atoms with Crippen molar-refractivity contribution < 1.29 is 14.7 Å². The van der Waals surface area contributed by atoms with Crippen LogP contribution >= 0.6 is 0 Å². The largest absolute Gasteiger partial charge is 0.481 e. The van der Waals surface area contributed by atoms with Crippen LogP contribution < -0.4 is 5.32 Å². The lowest BCUT2D eigenvalue weighted by atomic mass is 9.74. The zero-order chi connectivity index (χ0) is 13.7. The molecule has 0 unspecified atom stereocenters. The van der Waals surface area contributed by atoms with Gasteiger partial charge in [-0.25, -0.2) is 0 Å². The molecule has 102 valence electrons. The van der Waals surface area contributed by atoms with Gasteiger partial charge in [0.2, 0.25) is 5.91 Å². The molecule has 1 aromatic heterocycles. The number of amides is 1. The van der Waals surface area contributed by atoms with Crippen LogP contribution in [0.1, 0.15) is 37.7 Å². The third-order valence-electron chi connectivity index (χ3n) is 3.59. The van der Waals surface area contributed by atoms with E-state index in [9.17, 15) is 9.59 Å². The zero-order valence-electron chi connectivity index (χ0n) is 10.8. The lowest BCUT2D eigenvalue weighted by Gasteiger charge is -2.41. The number of carbonyl (C=O) groups is 2. The van der Waals surface area contributed by atoms with Crippen LogP contribution in [0.3, 0.4) is 0 Å². The Morgan fingerprint density at radius 1 is 1.32 bits per heavy atom. The number of pyridine rings is 1. The fourth-order valence-electron chi connectivity index (χ4n) is 2.40. The fraction of sp³-hybridized carbons (Fsp3) is 0.500. The van der Waals surface area contributed by atoms with Gasteiger partial charge in [-0.2, -0.15) is 0 Å². The molecule has 0 bridgehead atoms. The molecule has 1 amide bonds. The first kappa shape index (κ1) is 13.5. The molecule has 5 nitrogen and oxygen atoms in total. The van der Waals surface area contributed by atoms with Gasteiger partial charge in [0.05, 0.1) is 12.0 Å². The predicted octanol–water partition coefficient (Wildman–Crippen LogP) is 1.53. The molecule has 2 rings (SSSR count). The van der Waals surface area contributed by atoms with Crippen LogP contribution in [0.5, 0.6) is 0 Å². The number of hydrogen-bond donors (Lipinski definition) is 2. The summed E-state index contributed by atoms with van der Waals surface area (Å²) < 4.78 is 0. The summed E-state index contributed by atoms with van der Waals surface area (Å²) in [5, 5.41) is 11.8. The summed E-state index contributed by atoms with van der Waals surface area (Å²) in [5.74, 6) is -0.924. The Balaban J connectivity index is 1.82. The van der Waals surface area contributed by atoms with Crippen molar-refractivity contribution in [3.63, 3.8) is 0 Å². The Morgan fingerprint density at radius 2 is 2.00 bits per heavy atom. The van der Waals surface area contributed by atoms with Crippen molar-refractivity contribution in [1.29, 1.82) is 0 Å². The van der Waals surface area contributed by atoms with Crippen molar-refractivity contribution in [2.45, 2.75) is 44.1 Å². The van der Waals surface area contributed by atoms with Gasteiger partial charge in [-0.15, -0.1) is 0 Å². The van der Waals surface area contributed by atoms with E-state index in [1.807, 2.05) is 12.1 Å². The quantitative estimate of drug-likeness (QED) is 0.814. The second-order valence-electron chi connectivity index (χ2n) is 5.11. The van der Waals surface area contributed by atoms with Crippen molar-refractivity contribution in [3.05, 3.63) is 30.1 Å². The van der Waals surface area contributed by atoms with Crippen LogP contribution in [0.25, 0.3) is 0 Å². The van der Waals surface area contributed by atoms with Crippen LogP contribution in [-0.2, 0) is 16.0 Å². The molecule has 19 heavy (non-hydrogen) atoms. The highest BCUT2D eigenvalue weighted by Crippen LogP contribution is 2.34. The Morgan fingerprint density at radius 3 is 2.53 bits per heavy atom. The summed E-state index contributed by atoms with van der Waals surface area (Å²) in [6.45, 7) is 0. The van der Waals surface area contributed by atoms with Gasteiger partial charge in [-0.05, 0) is 43.4 Å².